The van der Waals surface area contributed by atoms with Crippen LogP contribution in [0.2, 0.25) is 0 Å². The molecule has 5 nitrogen and oxygen atoms in total. The van der Waals surface area contributed by atoms with Crippen molar-refractivity contribution < 1.29 is 4.79 Å². The fourth-order valence-electron chi connectivity index (χ4n) is 3.85. The zero-order valence-electron chi connectivity index (χ0n) is 17.6. The average molecular weight is 421 g/mol. The van der Waals surface area contributed by atoms with Crippen LogP contribution in [0.5, 0.6) is 0 Å². The summed E-state index contributed by atoms with van der Waals surface area (Å²) in [6, 6.07) is 18.9. The van der Waals surface area contributed by atoms with Gasteiger partial charge in [0.05, 0.1) is 4.91 Å². The van der Waals surface area contributed by atoms with E-state index < -0.39 is 0 Å². The molecular weight excluding hydrogens is 392 g/mol. The van der Waals surface area contributed by atoms with Crippen molar-refractivity contribution >= 4 is 40.3 Å². The maximum atomic E-state index is 12.5. The first-order chi connectivity index (χ1) is 14.7. The molecule has 0 bridgehead atoms. The Morgan fingerprint density at radius 2 is 1.57 bits per heavy atom. The van der Waals surface area contributed by atoms with E-state index >= 15 is 0 Å². The maximum Gasteiger partial charge on any atom is 0.286 e. The van der Waals surface area contributed by atoms with Crippen LogP contribution >= 0.6 is 11.8 Å². The van der Waals surface area contributed by atoms with Crippen molar-refractivity contribution in [2.75, 3.05) is 49.1 Å². The molecule has 0 radical (unpaired) electrons. The SMILES string of the molecule is CCN(CC)c1ccc(/C=C2/SC(N3CCN(c4ccccc4)CC3)=NC2=O)cc1. The van der Waals surface area contributed by atoms with Gasteiger partial charge in [-0.2, -0.15) is 4.99 Å². The van der Waals surface area contributed by atoms with Gasteiger partial charge in [-0.15, -0.1) is 0 Å². The number of anilines is 2. The molecule has 1 fully saturated rings. The van der Waals surface area contributed by atoms with E-state index in [0.717, 1.165) is 50.0 Å². The van der Waals surface area contributed by atoms with E-state index in [2.05, 4.69) is 82.1 Å². The molecule has 2 aliphatic heterocycles. The van der Waals surface area contributed by atoms with Crippen LogP contribution in [0.4, 0.5) is 11.4 Å². The lowest BCUT2D eigenvalue weighted by atomic mass is 10.2. The molecule has 156 valence electrons. The number of hydrogen-bond acceptors (Lipinski definition) is 5. The van der Waals surface area contributed by atoms with E-state index in [0.29, 0.717) is 4.91 Å². The largest absolute Gasteiger partial charge is 0.372 e. The minimum atomic E-state index is -0.131. The number of aliphatic imine (C=N–C) groups is 1. The molecule has 1 amide bonds. The summed E-state index contributed by atoms with van der Waals surface area (Å²) < 4.78 is 0. The highest BCUT2D eigenvalue weighted by molar-refractivity contribution is 8.18. The number of nitrogens with zero attached hydrogens (tertiary/aromatic N) is 4. The fourth-order valence-corrected chi connectivity index (χ4v) is 4.81. The zero-order valence-corrected chi connectivity index (χ0v) is 18.4. The summed E-state index contributed by atoms with van der Waals surface area (Å²) in [7, 11) is 0. The fraction of sp³-hybridized carbons (Fsp3) is 0.333. The first kappa shape index (κ1) is 20.5. The number of para-hydroxylation sites is 1. The van der Waals surface area contributed by atoms with E-state index in [9.17, 15) is 4.79 Å². The van der Waals surface area contributed by atoms with Gasteiger partial charge in [0.25, 0.3) is 5.91 Å². The predicted molar refractivity (Wildman–Crippen MR) is 128 cm³/mol. The topological polar surface area (TPSA) is 39.1 Å². The van der Waals surface area contributed by atoms with Crippen LogP contribution in [-0.2, 0) is 4.79 Å². The number of piperazine rings is 1. The molecule has 0 atom stereocenters. The van der Waals surface area contributed by atoms with Gasteiger partial charge in [-0.05, 0) is 61.5 Å². The van der Waals surface area contributed by atoms with Crippen LogP contribution in [-0.4, -0.2) is 55.2 Å². The second-order valence-corrected chi connectivity index (χ2v) is 8.39. The third-order valence-corrected chi connectivity index (χ3v) is 6.64. The molecule has 0 unspecified atom stereocenters. The third kappa shape index (κ3) is 4.54. The van der Waals surface area contributed by atoms with Crippen LogP contribution in [0.25, 0.3) is 6.08 Å². The van der Waals surface area contributed by atoms with E-state index in [1.54, 1.807) is 0 Å². The lowest BCUT2D eigenvalue weighted by molar-refractivity contribution is -0.113. The van der Waals surface area contributed by atoms with Gasteiger partial charge in [0.15, 0.2) is 5.17 Å². The Labute approximate surface area is 183 Å². The average Bonchev–Trinajstić information content (AvgIpc) is 3.16. The Hall–Kier alpha value is -2.73. The van der Waals surface area contributed by atoms with Crippen molar-refractivity contribution in [1.82, 2.24) is 4.90 Å². The molecule has 2 heterocycles. The van der Waals surface area contributed by atoms with Gasteiger partial charge in [0, 0.05) is 50.6 Å². The Kier molecular flexibility index (Phi) is 6.43. The van der Waals surface area contributed by atoms with Gasteiger partial charge >= 0.3 is 0 Å². The van der Waals surface area contributed by atoms with Gasteiger partial charge in [-0.25, -0.2) is 0 Å². The summed E-state index contributed by atoms with van der Waals surface area (Å²) >= 11 is 1.50. The van der Waals surface area contributed by atoms with Crippen molar-refractivity contribution in [2.45, 2.75) is 13.8 Å². The molecule has 2 aromatic rings. The van der Waals surface area contributed by atoms with E-state index in [4.69, 9.17) is 0 Å². The van der Waals surface area contributed by atoms with E-state index in [1.165, 1.54) is 23.1 Å². The molecule has 4 rings (SSSR count). The Balaban J connectivity index is 1.37. The molecule has 2 aromatic carbocycles. The van der Waals surface area contributed by atoms with Crippen LogP contribution in [0.3, 0.4) is 0 Å². The molecule has 0 aliphatic carbocycles. The summed E-state index contributed by atoms with van der Waals surface area (Å²) in [6.45, 7) is 9.91. The number of carbonyl (C=O) groups excluding carboxylic acids is 1. The lowest BCUT2D eigenvalue weighted by Gasteiger charge is -2.36. The zero-order chi connectivity index (χ0) is 20.9. The highest BCUT2D eigenvalue weighted by Crippen LogP contribution is 2.31. The predicted octanol–water partition coefficient (Wildman–Crippen LogP) is 4.33. The van der Waals surface area contributed by atoms with Crippen molar-refractivity contribution in [3.05, 3.63) is 65.1 Å². The van der Waals surface area contributed by atoms with Crippen LogP contribution in [0.15, 0.2) is 64.5 Å². The van der Waals surface area contributed by atoms with Crippen LogP contribution in [0.1, 0.15) is 19.4 Å². The number of benzene rings is 2. The van der Waals surface area contributed by atoms with E-state index in [-0.39, 0.29) is 5.91 Å². The number of amidine groups is 1. The smallest absolute Gasteiger partial charge is 0.286 e. The molecule has 1 saturated heterocycles. The number of carbonyl (C=O) groups is 1. The minimum absolute atomic E-state index is 0.131. The third-order valence-electron chi connectivity index (χ3n) is 5.60. The van der Waals surface area contributed by atoms with Gasteiger partial charge < -0.3 is 14.7 Å². The summed E-state index contributed by atoms with van der Waals surface area (Å²) in [5.74, 6) is -0.131. The van der Waals surface area contributed by atoms with Gasteiger partial charge in [0.2, 0.25) is 0 Å². The minimum Gasteiger partial charge on any atom is -0.372 e. The van der Waals surface area contributed by atoms with E-state index in [1.807, 2.05) is 12.1 Å². The summed E-state index contributed by atoms with van der Waals surface area (Å²) in [5.41, 5.74) is 3.50. The highest BCUT2D eigenvalue weighted by atomic mass is 32.2. The van der Waals surface area contributed by atoms with Gasteiger partial charge in [-0.3, -0.25) is 4.79 Å². The molecule has 0 aromatic heterocycles. The molecule has 0 saturated carbocycles. The number of thioether (sulfide) groups is 1. The van der Waals surface area contributed by atoms with Crippen LogP contribution in [0, 0.1) is 0 Å². The lowest BCUT2D eigenvalue weighted by Crippen LogP contribution is -2.47. The maximum absolute atomic E-state index is 12.5. The summed E-state index contributed by atoms with van der Waals surface area (Å²) in [5, 5.41) is 0.832. The second kappa shape index (κ2) is 9.39. The van der Waals surface area contributed by atoms with Gasteiger partial charge in [0.1, 0.15) is 0 Å². The molecule has 2 aliphatic rings. The van der Waals surface area contributed by atoms with Crippen molar-refractivity contribution in [1.29, 1.82) is 0 Å². The highest BCUT2D eigenvalue weighted by Gasteiger charge is 2.28. The number of rotatable bonds is 5. The van der Waals surface area contributed by atoms with Crippen molar-refractivity contribution in [3.8, 4) is 0 Å². The summed E-state index contributed by atoms with van der Waals surface area (Å²) in [4.78, 5) is 24.4. The summed E-state index contributed by atoms with van der Waals surface area (Å²) in [6.07, 6.45) is 1.95. The molecule has 6 heteroatoms. The number of hydrogen-bond donors (Lipinski definition) is 0. The number of amides is 1. The monoisotopic (exact) mass is 420 g/mol. The normalized spacial score (nSPS) is 18.1. The second-order valence-electron chi connectivity index (χ2n) is 7.38. The standard InChI is InChI=1S/C24H28N4OS/c1-3-26(4-2)21-12-10-19(11-13-21)18-22-23(29)25-24(30-22)28-16-14-27(15-17-28)20-8-6-5-7-9-20/h5-13,18H,3-4,14-17H2,1-2H3/b22-18+. The first-order valence-corrected chi connectivity index (χ1v) is 11.4. The Morgan fingerprint density at radius 1 is 0.933 bits per heavy atom. The Morgan fingerprint density at radius 3 is 2.20 bits per heavy atom. The Bertz CT molecular complexity index is 927. The molecule has 30 heavy (non-hydrogen) atoms. The van der Waals surface area contributed by atoms with Crippen LogP contribution < -0.4 is 9.80 Å². The molecular formula is C24H28N4OS. The van der Waals surface area contributed by atoms with Crippen molar-refractivity contribution in [2.24, 2.45) is 4.99 Å². The quantitative estimate of drug-likeness (QED) is 0.674. The van der Waals surface area contributed by atoms with Crippen molar-refractivity contribution in [3.63, 3.8) is 0 Å². The van der Waals surface area contributed by atoms with Gasteiger partial charge in [-0.1, -0.05) is 30.3 Å². The molecule has 0 spiro atoms. The molecule has 0 N–H and O–H groups in total. The first-order valence-electron chi connectivity index (χ1n) is 10.6.